The van der Waals surface area contributed by atoms with Gasteiger partial charge in [-0.1, -0.05) is 23.2 Å². The number of amides is 1. The Balaban J connectivity index is 1.89. The summed E-state index contributed by atoms with van der Waals surface area (Å²) in [5.41, 5.74) is 2.74. The van der Waals surface area contributed by atoms with E-state index in [0.717, 1.165) is 16.9 Å². The zero-order valence-corrected chi connectivity index (χ0v) is 12.6. The number of aromatic nitrogens is 2. The lowest BCUT2D eigenvalue weighted by Crippen LogP contribution is -2.11. The van der Waals surface area contributed by atoms with Gasteiger partial charge < -0.3 is 10.3 Å². The van der Waals surface area contributed by atoms with Gasteiger partial charge in [-0.3, -0.25) is 4.79 Å². The van der Waals surface area contributed by atoms with Crippen molar-refractivity contribution in [2.75, 3.05) is 5.32 Å². The largest absolute Gasteiger partial charge is 0.342 e. The summed E-state index contributed by atoms with van der Waals surface area (Å²) in [6, 6.07) is 10.2. The summed E-state index contributed by atoms with van der Waals surface area (Å²) in [5, 5.41) is 3.71. The quantitative estimate of drug-likeness (QED) is 0.734. The molecule has 106 valence electrons. The minimum atomic E-state index is -0.234. The molecule has 0 saturated heterocycles. The second-order valence-electron chi connectivity index (χ2n) is 4.67. The van der Waals surface area contributed by atoms with Gasteiger partial charge in [-0.05, 0) is 43.3 Å². The Morgan fingerprint density at radius 1 is 1.14 bits per heavy atom. The number of aromatic amines is 1. The van der Waals surface area contributed by atoms with Crippen LogP contribution < -0.4 is 5.32 Å². The molecule has 0 unspecified atom stereocenters. The maximum Gasteiger partial charge on any atom is 0.255 e. The van der Waals surface area contributed by atoms with Crippen molar-refractivity contribution in [2.24, 2.45) is 0 Å². The molecule has 4 nitrogen and oxygen atoms in total. The Labute approximate surface area is 131 Å². The van der Waals surface area contributed by atoms with Gasteiger partial charge in [0.05, 0.1) is 11.0 Å². The highest BCUT2D eigenvalue weighted by Gasteiger charge is 2.09. The third kappa shape index (κ3) is 3.01. The standard InChI is InChI=1S/C15H11Cl2N3O/c1-8-18-13-3-2-9(4-14(13)19-8)15(21)20-12-6-10(16)5-11(17)7-12/h2-7H,1H3,(H,18,19)(H,20,21). The Bertz CT molecular complexity index is 822. The Hall–Kier alpha value is -2.04. The fraction of sp³-hybridized carbons (Fsp3) is 0.0667. The number of nitrogens with zero attached hydrogens (tertiary/aromatic N) is 1. The zero-order valence-electron chi connectivity index (χ0n) is 11.1. The van der Waals surface area contributed by atoms with Crippen molar-refractivity contribution < 1.29 is 4.79 Å². The van der Waals surface area contributed by atoms with Crippen molar-refractivity contribution in [1.29, 1.82) is 0 Å². The predicted octanol–water partition coefficient (Wildman–Crippen LogP) is 4.43. The molecular weight excluding hydrogens is 309 g/mol. The minimum absolute atomic E-state index is 0.234. The third-order valence-corrected chi connectivity index (χ3v) is 3.42. The van der Waals surface area contributed by atoms with Gasteiger partial charge in [0.1, 0.15) is 5.82 Å². The first kappa shape index (κ1) is 13.9. The van der Waals surface area contributed by atoms with E-state index in [-0.39, 0.29) is 5.91 Å². The van der Waals surface area contributed by atoms with Crippen LogP contribution in [0.25, 0.3) is 11.0 Å². The van der Waals surface area contributed by atoms with Crippen molar-refractivity contribution in [1.82, 2.24) is 9.97 Å². The molecule has 0 fully saturated rings. The second-order valence-corrected chi connectivity index (χ2v) is 5.54. The number of H-pyrrole nitrogens is 1. The molecule has 0 aliphatic rings. The number of halogens is 2. The van der Waals surface area contributed by atoms with Gasteiger partial charge in [0.15, 0.2) is 0 Å². The summed E-state index contributed by atoms with van der Waals surface area (Å²) in [7, 11) is 0. The number of rotatable bonds is 2. The van der Waals surface area contributed by atoms with Crippen LogP contribution in [-0.4, -0.2) is 15.9 Å². The van der Waals surface area contributed by atoms with Crippen molar-refractivity contribution >= 4 is 45.8 Å². The molecule has 0 aliphatic heterocycles. The predicted molar refractivity (Wildman–Crippen MR) is 85.2 cm³/mol. The number of imidazole rings is 1. The summed E-state index contributed by atoms with van der Waals surface area (Å²) in [5.74, 6) is 0.576. The monoisotopic (exact) mass is 319 g/mol. The van der Waals surface area contributed by atoms with Gasteiger partial charge in [-0.25, -0.2) is 4.98 Å². The van der Waals surface area contributed by atoms with Crippen LogP contribution in [0, 0.1) is 6.92 Å². The number of aryl methyl sites for hydroxylation is 1. The average Bonchev–Trinajstić information content (AvgIpc) is 2.76. The van der Waals surface area contributed by atoms with Crippen LogP contribution in [-0.2, 0) is 0 Å². The number of nitrogens with one attached hydrogen (secondary N) is 2. The van der Waals surface area contributed by atoms with Gasteiger partial charge in [-0.15, -0.1) is 0 Å². The lowest BCUT2D eigenvalue weighted by Gasteiger charge is -2.06. The first-order chi connectivity index (χ1) is 10.0. The van der Waals surface area contributed by atoms with Crippen molar-refractivity contribution in [2.45, 2.75) is 6.92 Å². The fourth-order valence-electron chi connectivity index (χ4n) is 2.11. The number of hydrogen-bond donors (Lipinski definition) is 2. The molecule has 0 saturated carbocycles. The minimum Gasteiger partial charge on any atom is -0.342 e. The van der Waals surface area contributed by atoms with E-state index < -0.39 is 0 Å². The van der Waals surface area contributed by atoms with Crippen LogP contribution in [0.3, 0.4) is 0 Å². The molecule has 2 aromatic carbocycles. The van der Waals surface area contributed by atoms with Gasteiger partial charge in [0.25, 0.3) is 5.91 Å². The molecule has 2 N–H and O–H groups in total. The maximum atomic E-state index is 12.3. The summed E-state index contributed by atoms with van der Waals surface area (Å²) < 4.78 is 0. The SMILES string of the molecule is Cc1nc2ccc(C(=O)Nc3cc(Cl)cc(Cl)c3)cc2[nH]1. The Morgan fingerprint density at radius 2 is 1.86 bits per heavy atom. The number of anilines is 1. The van der Waals surface area contributed by atoms with Crippen molar-refractivity contribution in [3.8, 4) is 0 Å². The molecule has 0 spiro atoms. The van der Waals surface area contributed by atoms with E-state index in [1.165, 1.54) is 0 Å². The number of benzene rings is 2. The highest BCUT2D eigenvalue weighted by Crippen LogP contribution is 2.23. The summed E-state index contributed by atoms with van der Waals surface area (Å²) in [4.78, 5) is 19.7. The highest BCUT2D eigenvalue weighted by atomic mass is 35.5. The molecule has 6 heteroatoms. The van der Waals surface area contributed by atoms with E-state index in [2.05, 4.69) is 15.3 Å². The number of hydrogen-bond acceptors (Lipinski definition) is 2. The average molecular weight is 320 g/mol. The van der Waals surface area contributed by atoms with E-state index in [1.54, 1.807) is 36.4 Å². The smallest absolute Gasteiger partial charge is 0.255 e. The second kappa shape index (κ2) is 5.39. The summed E-state index contributed by atoms with van der Waals surface area (Å²) in [6.07, 6.45) is 0. The first-order valence-corrected chi connectivity index (χ1v) is 7.01. The molecule has 0 aliphatic carbocycles. The summed E-state index contributed by atoms with van der Waals surface area (Å²) >= 11 is 11.8. The molecule has 1 heterocycles. The fourth-order valence-corrected chi connectivity index (χ4v) is 2.63. The normalized spacial score (nSPS) is 10.8. The van der Waals surface area contributed by atoms with Crippen LogP contribution in [0.15, 0.2) is 36.4 Å². The van der Waals surface area contributed by atoms with E-state index >= 15 is 0 Å². The molecule has 0 radical (unpaired) electrons. The zero-order chi connectivity index (χ0) is 15.0. The molecule has 3 rings (SSSR count). The van der Waals surface area contributed by atoms with Crippen molar-refractivity contribution in [3.05, 3.63) is 57.8 Å². The van der Waals surface area contributed by atoms with E-state index in [1.807, 2.05) is 6.92 Å². The highest BCUT2D eigenvalue weighted by molar-refractivity contribution is 6.35. The van der Waals surface area contributed by atoms with Crippen LogP contribution in [0.4, 0.5) is 5.69 Å². The summed E-state index contributed by atoms with van der Waals surface area (Å²) in [6.45, 7) is 1.87. The van der Waals surface area contributed by atoms with Gasteiger partial charge >= 0.3 is 0 Å². The molecular formula is C15H11Cl2N3O. The molecule has 21 heavy (non-hydrogen) atoms. The van der Waals surface area contributed by atoms with Crippen LogP contribution in [0.1, 0.15) is 16.2 Å². The lowest BCUT2D eigenvalue weighted by molar-refractivity contribution is 0.102. The first-order valence-electron chi connectivity index (χ1n) is 6.25. The molecule has 3 aromatic rings. The maximum absolute atomic E-state index is 12.3. The number of carbonyl (C=O) groups excluding carboxylic acids is 1. The van der Waals surface area contributed by atoms with E-state index in [4.69, 9.17) is 23.2 Å². The topological polar surface area (TPSA) is 57.8 Å². The van der Waals surface area contributed by atoms with E-state index in [0.29, 0.717) is 21.3 Å². The lowest BCUT2D eigenvalue weighted by atomic mass is 10.2. The van der Waals surface area contributed by atoms with Gasteiger partial charge in [-0.2, -0.15) is 0 Å². The molecule has 1 aromatic heterocycles. The van der Waals surface area contributed by atoms with E-state index in [9.17, 15) is 4.79 Å². The van der Waals surface area contributed by atoms with Crippen LogP contribution in [0.2, 0.25) is 10.0 Å². The van der Waals surface area contributed by atoms with Gasteiger partial charge in [0, 0.05) is 21.3 Å². The Kier molecular flexibility index (Phi) is 3.57. The van der Waals surface area contributed by atoms with Crippen molar-refractivity contribution in [3.63, 3.8) is 0 Å². The molecule has 1 amide bonds. The van der Waals surface area contributed by atoms with Crippen LogP contribution >= 0.6 is 23.2 Å². The number of carbonyl (C=O) groups is 1. The Morgan fingerprint density at radius 3 is 2.57 bits per heavy atom. The van der Waals surface area contributed by atoms with Gasteiger partial charge in [0.2, 0.25) is 0 Å². The molecule has 0 atom stereocenters. The third-order valence-electron chi connectivity index (χ3n) is 2.98. The molecule has 0 bridgehead atoms. The number of fused-ring (bicyclic) bond motifs is 1. The van der Waals surface area contributed by atoms with Crippen LogP contribution in [0.5, 0.6) is 0 Å².